The van der Waals surface area contributed by atoms with E-state index >= 15 is 0 Å². The molecule has 16 heavy (non-hydrogen) atoms. The molecule has 1 unspecified atom stereocenters. The zero-order valence-corrected chi connectivity index (χ0v) is 10.3. The van der Waals surface area contributed by atoms with Crippen molar-refractivity contribution in [1.82, 2.24) is 0 Å². The van der Waals surface area contributed by atoms with Crippen molar-refractivity contribution < 1.29 is 9.47 Å². The Hall–Kier alpha value is -0.930. The second-order valence-corrected chi connectivity index (χ2v) is 4.44. The van der Waals surface area contributed by atoms with Crippen LogP contribution in [0.1, 0.15) is 17.5 Å². The molecule has 0 heterocycles. The minimum Gasteiger partial charge on any atom is -0.493 e. The monoisotopic (exact) mass is 241 g/mol. The van der Waals surface area contributed by atoms with Crippen LogP contribution in [0.3, 0.4) is 0 Å². The minimum atomic E-state index is 0.224. The van der Waals surface area contributed by atoms with Crippen LogP contribution in [-0.4, -0.2) is 20.3 Å². The van der Waals surface area contributed by atoms with Crippen LogP contribution in [0.15, 0.2) is 6.07 Å². The third-order valence-corrected chi connectivity index (χ3v) is 3.45. The van der Waals surface area contributed by atoms with E-state index < -0.39 is 0 Å². The number of hydrogen-bond acceptors (Lipinski definition) is 3. The van der Waals surface area contributed by atoms with Crippen molar-refractivity contribution in [1.29, 1.82) is 0 Å². The summed E-state index contributed by atoms with van der Waals surface area (Å²) in [6, 6.07) is 2.21. The average molecular weight is 242 g/mol. The standard InChI is InChI=1S/C12H16ClNO2/c1-15-10-6-7-5-8(14)3-4-9(7)11(13)12(10)16-2/h6,8H,3-5,14H2,1-2H3. The predicted octanol–water partition coefficient (Wildman–Crippen LogP) is 2.17. The highest BCUT2D eigenvalue weighted by atomic mass is 35.5. The summed E-state index contributed by atoms with van der Waals surface area (Å²) in [5, 5.41) is 0.670. The van der Waals surface area contributed by atoms with Gasteiger partial charge in [0.05, 0.1) is 19.2 Å². The number of methoxy groups -OCH3 is 2. The van der Waals surface area contributed by atoms with Crippen LogP contribution in [0.2, 0.25) is 5.02 Å². The highest BCUT2D eigenvalue weighted by Gasteiger charge is 2.23. The summed E-state index contributed by atoms with van der Waals surface area (Å²) in [4.78, 5) is 0. The quantitative estimate of drug-likeness (QED) is 0.863. The molecule has 0 bridgehead atoms. The molecule has 0 saturated carbocycles. The molecule has 0 aromatic heterocycles. The van der Waals surface area contributed by atoms with E-state index in [1.807, 2.05) is 6.07 Å². The summed E-state index contributed by atoms with van der Waals surface area (Å²) in [5.74, 6) is 1.30. The molecular formula is C12H16ClNO2. The van der Waals surface area contributed by atoms with E-state index in [2.05, 4.69) is 0 Å². The summed E-state index contributed by atoms with van der Waals surface area (Å²) in [5.41, 5.74) is 8.28. The van der Waals surface area contributed by atoms with Gasteiger partial charge in [-0.1, -0.05) is 11.6 Å². The Morgan fingerprint density at radius 2 is 2.12 bits per heavy atom. The molecule has 1 aromatic carbocycles. The fourth-order valence-electron chi connectivity index (χ4n) is 2.21. The van der Waals surface area contributed by atoms with Gasteiger partial charge >= 0.3 is 0 Å². The lowest BCUT2D eigenvalue weighted by molar-refractivity contribution is 0.353. The first-order valence-electron chi connectivity index (χ1n) is 5.35. The van der Waals surface area contributed by atoms with Gasteiger partial charge in [0.15, 0.2) is 11.5 Å². The summed E-state index contributed by atoms with van der Waals surface area (Å²) in [6.07, 6.45) is 2.74. The number of halogens is 1. The second-order valence-electron chi connectivity index (χ2n) is 4.07. The van der Waals surface area contributed by atoms with E-state index in [9.17, 15) is 0 Å². The number of fused-ring (bicyclic) bond motifs is 1. The van der Waals surface area contributed by atoms with E-state index in [4.69, 9.17) is 26.8 Å². The molecule has 0 spiro atoms. The summed E-state index contributed by atoms with van der Waals surface area (Å²) in [6.45, 7) is 0. The van der Waals surface area contributed by atoms with Gasteiger partial charge in [-0.05, 0) is 36.5 Å². The van der Waals surface area contributed by atoms with Crippen LogP contribution in [0, 0.1) is 0 Å². The molecule has 1 aliphatic carbocycles. The molecule has 4 heteroatoms. The molecule has 3 nitrogen and oxygen atoms in total. The van der Waals surface area contributed by atoms with Crippen molar-refractivity contribution >= 4 is 11.6 Å². The molecule has 1 atom stereocenters. The Morgan fingerprint density at radius 1 is 1.38 bits per heavy atom. The normalized spacial score (nSPS) is 19.1. The number of rotatable bonds is 2. The first-order chi connectivity index (χ1) is 7.67. The number of benzene rings is 1. The van der Waals surface area contributed by atoms with Crippen LogP contribution in [0.4, 0.5) is 0 Å². The van der Waals surface area contributed by atoms with Crippen LogP contribution in [0.25, 0.3) is 0 Å². The zero-order chi connectivity index (χ0) is 11.7. The molecular weight excluding hydrogens is 226 g/mol. The van der Waals surface area contributed by atoms with Gasteiger partial charge in [0.1, 0.15) is 0 Å². The average Bonchev–Trinajstić information content (AvgIpc) is 2.28. The maximum absolute atomic E-state index is 6.31. The van der Waals surface area contributed by atoms with Crippen molar-refractivity contribution in [3.63, 3.8) is 0 Å². The fraction of sp³-hybridized carbons (Fsp3) is 0.500. The highest BCUT2D eigenvalue weighted by molar-refractivity contribution is 6.33. The molecule has 0 fully saturated rings. The largest absolute Gasteiger partial charge is 0.493 e. The summed E-state index contributed by atoms with van der Waals surface area (Å²) >= 11 is 6.31. The van der Waals surface area contributed by atoms with Gasteiger partial charge in [-0.15, -0.1) is 0 Å². The molecule has 0 saturated heterocycles. The molecule has 1 aromatic rings. The Bertz CT molecular complexity index is 406. The molecule has 88 valence electrons. The van der Waals surface area contributed by atoms with Gasteiger partial charge < -0.3 is 15.2 Å². The first-order valence-corrected chi connectivity index (χ1v) is 5.73. The lowest BCUT2D eigenvalue weighted by atomic mass is 9.88. The van der Waals surface area contributed by atoms with E-state index in [0.29, 0.717) is 16.5 Å². The Labute approximate surface area is 100 Å². The van der Waals surface area contributed by atoms with E-state index in [1.165, 1.54) is 5.56 Å². The van der Waals surface area contributed by atoms with Gasteiger partial charge in [0.25, 0.3) is 0 Å². The zero-order valence-electron chi connectivity index (χ0n) is 9.55. The van der Waals surface area contributed by atoms with Crippen molar-refractivity contribution in [3.8, 4) is 11.5 Å². The van der Waals surface area contributed by atoms with Gasteiger partial charge in [-0.25, -0.2) is 0 Å². The molecule has 2 N–H and O–H groups in total. The SMILES string of the molecule is COc1cc2c(c(Cl)c1OC)CCC(N)C2. The van der Waals surface area contributed by atoms with E-state index in [-0.39, 0.29) is 6.04 Å². The third-order valence-electron chi connectivity index (χ3n) is 3.05. The Kier molecular flexibility index (Phi) is 3.26. The maximum Gasteiger partial charge on any atom is 0.179 e. The van der Waals surface area contributed by atoms with Crippen molar-refractivity contribution in [2.24, 2.45) is 5.73 Å². The smallest absolute Gasteiger partial charge is 0.179 e. The van der Waals surface area contributed by atoms with Crippen LogP contribution < -0.4 is 15.2 Å². The van der Waals surface area contributed by atoms with Crippen LogP contribution in [-0.2, 0) is 12.8 Å². The lowest BCUT2D eigenvalue weighted by Crippen LogP contribution is -2.28. The summed E-state index contributed by atoms with van der Waals surface area (Å²) in [7, 11) is 3.22. The topological polar surface area (TPSA) is 44.5 Å². The maximum atomic E-state index is 6.31. The van der Waals surface area contributed by atoms with E-state index in [0.717, 1.165) is 24.8 Å². The number of hydrogen-bond donors (Lipinski definition) is 1. The molecule has 0 aliphatic heterocycles. The number of ether oxygens (including phenoxy) is 2. The van der Waals surface area contributed by atoms with Crippen molar-refractivity contribution in [2.75, 3.05) is 14.2 Å². The van der Waals surface area contributed by atoms with Gasteiger partial charge in [0.2, 0.25) is 0 Å². The number of nitrogens with two attached hydrogens (primary N) is 1. The van der Waals surface area contributed by atoms with Gasteiger partial charge in [0, 0.05) is 6.04 Å². The highest BCUT2D eigenvalue weighted by Crippen LogP contribution is 2.41. The first kappa shape index (κ1) is 11.6. The van der Waals surface area contributed by atoms with Gasteiger partial charge in [-0.3, -0.25) is 0 Å². The molecule has 0 radical (unpaired) electrons. The summed E-state index contributed by atoms with van der Waals surface area (Å²) < 4.78 is 10.5. The van der Waals surface area contributed by atoms with Crippen LogP contribution in [0.5, 0.6) is 11.5 Å². The van der Waals surface area contributed by atoms with Gasteiger partial charge in [-0.2, -0.15) is 0 Å². The fourth-order valence-corrected chi connectivity index (χ4v) is 2.59. The Morgan fingerprint density at radius 3 is 2.75 bits per heavy atom. The van der Waals surface area contributed by atoms with Crippen molar-refractivity contribution in [3.05, 3.63) is 22.2 Å². The second kappa shape index (κ2) is 4.52. The van der Waals surface area contributed by atoms with Crippen LogP contribution >= 0.6 is 11.6 Å². The Balaban J connectivity index is 2.53. The molecule has 1 aliphatic rings. The molecule has 0 amide bonds. The third kappa shape index (κ3) is 1.85. The molecule has 2 rings (SSSR count). The predicted molar refractivity (Wildman–Crippen MR) is 64.6 cm³/mol. The minimum absolute atomic E-state index is 0.224. The van der Waals surface area contributed by atoms with Crippen molar-refractivity contribution in [2.45, 2.75) is 25.3 Å². The lowest BCUT2D eigenvalue weighted by Gasteiger charge is -2.24. The van der Waals surface area contributed by atoms with E-state index in [1.54, 1.807) is 14.2 Å².